The zero-order valence-electron chi connectivity index (χ0n) is 10.7. The number of hydrogen-bond acceptors (Lipinski definition) is 0. The molecule has 0 unspecified atom stereocenters. The van der Waals surface area contributed by atoms with Crippen LogP contribution in [0.3, 0.4) is 0 Å². The van der Waals surface area contributed by atoms with E-state index in [-0.39, 0.29) is 0 Å². The summed E-state index contributed by atoms with van der Waals surface area (Å²) in [5, 5.41) is 0. The van der Waals surface area contributed by atoms with Crippen LogP contribution in [0.15, 0.2) is 35.2 Å². The van der Waals surface area contributed by atoms with Gasteiger partial charge < -0.3 is 0 Å². The van der Waals surface area contributed by atoms with Crippen molar-refractivity contribution < 1.29 is 4.39 Å². The molecule has 0 N–H and O–H groups in total. The molecule has 1 atom stereocenters. The molecule has 1 heteroatoms. The number of rotatable bonds is 1. The van der Waals surface area contributed by atoms with Gasteiger partial charge in [-0.3, -0.25) is 0 Å². The number of hydrogen-bond donors (Lipinski definition) is 0. The maximum Gasteiger partial charge on any atom is 0.0859 e. The first-order valence-electron chi connectivity index (χ1n) is 6.21. The van der Waals surface area contributed by atoms with Gasteiger partial charge in [0.15, 0.2) is 0 Å². The van der Waals surface area contributed by atoms with Crippen LogP contribution in [0.4, 0.5) is 4.39 Å². The Morgan fingerprint density at radius 1 is 1.25 bits per heavy atom. The summed E-state index contributed by atoms with van der Waals surface area (Å²) in [6, 6.07) is 0. The van der Waals surface area contributed by atoms with Crippen molar-refractivity contribution in [1.29, 1.82) is 0 Å². The average molecular weight is 222 g/mol. The molecule has 0 spiro atoms. The molecular formula is C15H23F. The Morgan fingerprint density at radius 3 is 2.62 bits per heavy atom. The van der Waals surface area contributed by atoms with E-state index in [1.165, 1.54) is 11.1 Å². The summed E-state index contributed by atoms with van der Waals surface area (Å²) in [4.78, 5) is 0. The minimum absolute atomic E-state index is 0.376. The molecule has 0 heterocycles. The van der Waals surface area contributed by atoms with Crippen LogP contribution >= 0.6 is 0 Å². The molecule has 90 valence electrons. The second kappa shape index (κ2) is 6.67. The normalized spacial score (nSPS) is 31.2. The Hall–Kier alpha value is -0.850. The predicted octanol–water partition coefficient (Wildman–Crippen LogP) is 5.33. The average Bonchev–Trinajstić information content (AvgIpc) is 2.28. The van der Waals surface area contributed by atoms with Crippen LogP contribution < -0.4 is 0 Å². The standard InChI is InChI=1S/C15H23F/c1-12-5-4-6-13(2)8-10-15(9-7-12)14(3)11-16/h5,8,11,15H,4,6-7,9-10H2,1-3H3/b12-5-,13-8+,14-11+/t15-/m1/s1. The summed E-state index contributed by atoms with van der Waals surface area (Å²) in [7, 11) is 0. The molecule has 0 bridgehead atoms. The highest BCUT2D eigenvalue weighted by molar-refractivity contribution is 5.10. The first kappa shape index (κ1) is 13.2. The molecule has 0 amide bonds. The van der Waals surface area contributed by atoms with Gasteiger partial charge in [-0.1, -0.05) is 23.3 Å². The Labute approximate surface area is 98.9 Å². The molecule has 1 rings (SSSR count). The Bertz CT molecular complexity index is 307. The van der Waals surface area contributed by atoms with Crippen molar-refractivity contribution in [2.75, 3.05) is 0 Å². The van der Waals surface area contributed by atoms with E-state index >= 15 is 0 Å². The fourth-order valence-corrected chi connectivity index (χ4v) is 2.12. The fraction of sp³-hybridized carbons (Fsp3) is 0.600. The molecule has 1 aliphatic rings. The summed E-state index contributed by atoms with van der Waals surface area (Å²) in [6.07, 6.45) is 10.8. The first-order valence-corrected chi connectivity index (χ1v) is 6.21. The zero-order valence-corrected chi connectivity index (χ0v) is 10.7. The van der Waals surface area contributed by atoms with Gasteiger partial charge in [0.2, 0.25) is 0 Å². The highest BCUT2D eigenvalue weighted by Crippen LogP contribution is 2.26. The lowest BCUT2D eigenvalue weighted by Crippen LogP contribution is -2.02. The van der Waals surface area contributed by atoms with Gasteiger partial charge in [-0.15, -0.1) is 0 Å². The molecule has 0 saturated carbocycles. The molecule has 0 aromatic carbocycles. The van der Waals surface area contributed by atoms with Crippen LogP contribution in [0.25, 0.3) is 0 Å². The van der Waals surface area contributed by atoms with Crippen molar-refractivity contribution in [3.05, 3.63) is 35.2 Å². The maximum absolute atomic E-state index is 12.6. The number of halogens is 1. The lowest BCUT2D eigenvalue weighted by Gasteiger charge is -2.17. The van der Waals surface area contributed by atoms with Gasteiger partial charge in [-0.05, 0) is 64.4 Å². The minimum atomic E-state index is 0.376. The van der Waals surface area contributed by atoms with E-state index in [1.54, 1.807) is 0 Å². The van der Waals surface area contributed by atoms with Gasteiger partial charge in [0.25, 0.3) is 0 Å². The van der Waals surface area contributed by atoms with Crippen LogP contribution in [0.1, 0.15) is 52.9 Å². The molecule has 16 heavy (non-hydrogen) atoms. The summed E-state index contributed by atoms with van der Waals surface area (Å²) in [6.45, 7) is 6.27. The molecule has 1 aliphatic carbocycles. The van der Waals surface area contributed by atoms with E-state index in [0.717, 1.165) is 44.0 Å². The van der Waals surface area contributed by atoms with Crippen LogP contribution in [-0.2, 0) is 0 Å². The quantitative estimate of drug-likeness (QED) is 0.526. The lowest BCUT2D eigenvalue weighted by atomic mass is 9.89. The van der Waals surface area contributed by atoms with E-state index in [4.69, 9.17) is 0 Å². The van der Waals surface area contributed by atoms with Crippen molar-refractivity contribution >= 4 is 0 Å². The summed E-state index contributed by atoms with van der Waals surface area (Å²) < 4.78 is 12.6. The monoisotopic (exact) mass is 222 g/mol. The minimum Gasteiger partial charge on any atom is -0.216 e. The van der Waals surface area contributed by atoms with E-state index in [0.29, 0.717) is 5.92 Å². The first-order chi connectivity index (χ1) is 7.63. The van der Waals surface area contributed by atoms with Gasteiger partial charge in [0.05, 0.1) is 6.33 Å². The third kappa shape index (κ3) is 4.34. The van der Waals surface area contributed by atoms with Crippen LogP contribution in [0.2, 0.25) is 0 Å². The van der Waals surface area contributed by atoms with Crippen molar-refractivity contribution in [3.8, 4) is 0 Å². The SMILES string of the molecule is C/C1=C/CC/C(C)=C/C[C@H](/C(C)=C/F)CC1. The topological polar surface area (TPSA) is 0 Å². The van der Waals surface area contributed by atoms with Crippen LogP contribution in [0, 0.1) is 5.92 Å². The summed E-state index contributed by atoms with van der Waals surface area (Å²) in [5.74, 6) is 0.376. The number of allylic oxidation sites excluding steroid dienone is 5. The molecular weight excluding hydrogens is 199 g/mol. The van der Waals surface area contributed by atoms with Crippen molar-refractivity contribution in [1.82, 2.24) is 0 Å². The van der Waals surface area contributed by atoms with Gasteiger partial charge in [-0.25, -0.2) is 4.39 Å². The van der Waals surface area contributed by atoms with Gasteiger partial charge in [0, 0.05) is 0 Å². The highest BCUT2D eigenvalue weighted by Gasteiger charge is 2.11. The zero-order chi connectivity index (χ0) is 12.0. The van der Waals surface area contributed by atoms with Crippen LogP contribution in [0.5, 0.6) is 0 Å². The second-order valence-electron chi connectivity index (χ2n) is 4.96. The van der Waals surface area contributed by atoms with Gasteiger partial charge in [0.1, 0.15) is 0 Å². The van der Waals surface area contributed by atoms with Crippen LogP contribution in [-0.4, -0.2) is 0 Å². The smallest absolute Gasteiger partial charge is 0.0859 e. The van der Waals surface area contributed by atoms with Gasteiger partial charge in [-0.2, -0.15) is 0 Å². The Kier molecular flexibility index (Phi) is 5.51. The van der Waals surface area contributed by atoms with Crippen molar-refractivity contribution in [2.24, 2.45) is 5.92 Å². The second-order valence-corrected chi connectivity index (χ2v) is 4.96. The molecule has 0 radical (unpaired) electrons. The Balaban J connectivity index is 2.75. The summed E-state index contributed by atoms with van der Waals surface area (Å²) in [5.41, 5.74) is 3.77. The summed E-state index contributed by atoms with van der Waals surface area (Å²) >= 11 is 0. The maximum atomic E-state index is 12.6. The highest BCUT2D eigenvalue weighted by atomic mass is 19.1. The molecule has 0 aromatic rings. The Morgan fingerprint density at radius 2 is 1.94 bits per heavy atom. The van der Waals surface area contributed by atoms with Gasteiger partial charge >= 0.3 is 0 Å². The molecule has 0 nitrogen and oxygen atoms in total. The fourth-order valence-electron chi connectivity index (χ4n) is 2.12. The molecule has 0 aromatic heterocycles. The van der Waals surface area contributed by atoms with Crippen molar-refractivity contribution in [2.45, 2.75) is 52.9 Å². The van der Waals surface area contributed by atoms with Crippen molar-refractivity contribution in [3.63, 3.8) is 0 Å². The largest absolute Gasteiger partial charge is 0.216 e. The lowest BCUT2D eigenvalue weighted by molar-refractivity contribution is 0.543. The third-order valence-electron chi connectivity index (χ3n) is 3.49. The predicted molar refractivity (Wildman–Crippen MR) is 69.0 cm³/mol. The third-order valence-corrected chi connectivity index (χ3v) is 3.49. The van der Waals surface area contributed by atoms with E-state index in [1.807, 2.05) is 6.92 Å². The molecule has 0 fully saturated rings. The molecule has 0 saturated heterocycles. The van der Waals surface area contributed by atoms with E-state index < -0.39 is 0 Å². The van der Waals surface area contributed by atoms with E-state index in [2.05, 4.69) is 26.0 Å². The van der Waals surface area contributed by atoms with E-state index in [9.17, 15) is 4.39 Å². The molecule has 0 aliphatic heterocycles.